The molecule has 1 N–H and O–H groups in total. The van der Waals surface area contributed by atoms with E-state index in [0.717, 1.165) is 37.7 Å². The molecule has 4 fully saturated rings. The number of esters is 1. The Bertz CT molecular complexity index is 921. The molecule has 4 saturated carbocycles. The maximum atomic E-state index is 12.5. The summed E-state index contributed by atoms with van der Waals surface area (Å²) < 4.78 is 10.8. The third-order valence-electron chi connectivity index (χ3n) is 6.61. The molecule has 1 heterocycles. The zero-order valence-corrected chi connectivity index (χ0v) is 16.7. The molecule has 1 aromatic carbocycles. The molecule has 152 valence electrons. The van der Waals surface area contributed by atoms with Gasteiger partial charge in [0.2, 0.25) is 5.90 Å². The van der Waals surface area contributed by atoms with Crippen molar-refractivity contribution in [3.05, 3.63) is 35.5 Å². The van der Waals surface area contributed by atoms with Gasteiger partial charge in [0.05, 0.1) is 0 Å². The Morgan fingerprint density at radius 2 is 1.93 bits per heavy atom. The van der Waals surface area contributed by atoms with Crippen LogP contribution in [0.25, 0.3) is 6.08 Å². The molecule has 5 aliphatic rings. The zero-order chi connectivity index (χ0) is 20.2. The van der Waals surface area contributed by atoms with E-state index in [1.807, 2.05) is 0 Å². The van der Waals surface area contributed by atoms with Crippen molar-refractivity contribution in [2.45, 2.75) is 43.4 Å². The minimum absolute atomic E-state index is 0.169. The molecule has 4 atom stereocenters. The molecule has 1 aliphatic heterocycles. The zero-order valence-electron chi connectivity index (χ0n) is 15.9. The minimum atomic E-state index is -1.03. The van der Waals surface area contributed by atoms with Gasteiger partial charge < -0.3 is 14.6 Å². The Kier molecular flexibility index (Phi) is 4.24. The molecular formula is C22H22ClNO5. The molecule has 0 radical (unpaired) electrons. The maximum absolute atomic E-state index is 12.5. The summed E-state index contributed by atoms with van der Waals surface area (Å²) in [6, 6.07) is 6.83. The van der Waals surface area contributed by atoms with E-state index in [-0.39, 0.29) is 10.3 Å². The Morgan fingerprint density at radius 1 is 1.24 bits per heavy atom. The molecule has 0 aromatic heterocycles. The van der Waals surface area contributed by atoms with Crippen LogP contribution in [0.5, 0.6) is 5.75 Å². The number of carboxylic acids is 1. The largest absolute Gasteiger partial charge is 0.482 e. The highest BCUT2D eigenvalue weighted by Crippen LogP contribution is 2.64. The van der Waals surface area contributed by atoms with Crippen molar-refractivity contribution in [3.63, 3.8) is 0 Å². The highest BCUT2D eigenvalue weighted by molar-refractivity contribution is 6.24. The first-order valence-corrected chi connectivity index (χ1v) is 10.4. The summed E-state index contributed by atoms with van der Waals surface area (Å²) in [6.07, 6.45) is 7.90. The molecule has 6 nitrogen and oxygen atoms in total. The molecule has 29 heavy (non-hydrogen) atoms. The second kappa shape index (κ2) is 6.59. The van der Waals surface area contributed by atoms with E-state index < -0.39 is 18.5 Å². The van der Waals surface area contributed by atoms with E-state index in [0.29, 0.717) is 29.2 Å². The molecule has 6 rings (SSSR count). The van der Waals surface area contributed by atoms with E-state index in [4.69, 9.17) is 26.2 Å². The van der Waals surface area contributed by atoms with E-state index in [1.165, 1.54) is 6.42 Å². The van der Waals surface area contributed by atoms with Crippen LogP contribution in [-0.4, -0.2) is 34.4 Å². The first kappa shape index (κ1) is 18.7. The smallest absolute Gasteiger partial charge is 0.363 e. The van der Waals surface area contributed by atoms with Gasteiger partial charge in [-0.1, -0.05) is 12.1 Å². The van der Waals surface area contributed by atoms with Gasteiger partial charge in [0.25, 0.3) is 0 Å². The summed E-state index contributed by atoms with van der Waals surface area (Å²) >= 11 is 6.90. The summed E-state index contributed by atoms with van der Waals surface area (Å²) in [5.74, 6) is 0.742. The standard InChI is InChI=1S/C22H22ClNO5/c23-22-9-14-5-15(10-22)8-21(7-14,12-22)20-24-17(19(27)29-20)6-13-1-3-16(4-2-13)28-11-18(25)26/h1-4,6,14-15H,5,7-12H2,(H,25,26)/b17-6-/t14-,15+,21?,22?. The fourth-order valence-electron chi connectivity index (χ4n) is 6.00. The predicted molar refractivity (Wildman–Crippen MR) is 107 cm³/mol. The molecule has 4 bridgehead atoms. The van der Waals surface area contributed by atoms with E-state index >= 15 is 0 Å². The number of carbonyl (C=O) groups is 2. The van der Waals surface area contributed by atoms with Gasteiger partial charge in [-0.05, 0) is 74.1 Å². The van der Waals surface area contributed by atoms with Gasteiger partial charge in [-0.25, -0.2) is 14.6 Å². The predicted octanol–water partition coefficient (Wildman–Crippen LogP) is 4.02. The normalized spacial score (nSPS) is 36.2. The third-order valence-corrected chi connectivity index (χ3v) is 7.05. The number of ether oxygens (including phenoxy) is 2. The fourth-order valence-corrected chi connectivity index (χ4v) is 6.69. The first-order chi connectivity index (χ1) is 13.8. The van der Waals surface area contributed by atoms with Crippen molar-refractivity contribution in [2.75, 3.05) is 6.61 Å². The van der Waals surface area contributed by atoms with E-state index in [9.17, 15) is 9.59 Å². The van der Waals surface area contributed by atoms with Crippen LogP contribution in [-0.2, 0) is 14.3 Å². The summed E-state index contributed by atoms with van der Waals surface area (Å²) in [5, 5.41) is 8.67. The molecule has 0 spiro atoms. The number of halogens is 1. The Balaban J connectivity index is 1.37. The van der Waals surface area contributed by atoms with Crippen molar-refractivity contribution in [2.24, 2.45) is 22.2 Å². The molecule has 7 heteroatoms. The lowest BCUT2D eigenvalue weighted by molar-refractivity contribution is -0.139. The summed E-state index contributed by atoms with van der Waals surface area (Å²) in [5.41, 5.74) is 0.855. The topological polar surface area (TPSA) is 85.2 Å². The van der Waals surface area contributed by atoms with Crippen LogP contribution < -0.4 is 4.74 Å². The van der Waals surface area contributed by atoms with Crippen LogP contribution in [0.4, 0.5) is 0 Å². The molecule has 4 aliphatic carbocycles. The fraction of sp³-hybridized carbons (Fsp3) is 0.500. The van der Waals surface area contributed by atoms with Gasteiger partial charge in [-0.15, -0.1) is 11.6 Å². The van der Waals surface area contributed by atoms with Crippen molar-refractivity contribution in [1.82, 2.24) is 0 Å². The van der Waals surface area contributed by atoms with Crippen LogP contribution in [0, 0.1) is 17.3 Å². The summed E-state index contributed by atoms with van der Waals surface area (Å²) in [4.78, 5) is 27.5. The van der Waals surface area contributed by atoms with Crippen LogP contribution >= 0.6 is 11.6 Å². The SMILES string of the molecule is O=C(O)COc1ccc(/C=C2\N=C(C34C[C@@H]5C[C@@H](CC(Cl)(C5)C3)C4)OC2=O)cc1. The van der Waals surface area contributed by atoms with E-state index in [1.54, 1.807) is 30.3 Å². The Morgan fingerprint density at radius 3 is 2.55 bits per heavy atom. The van der Waals surface area contributed by atoms with Gasteiger partial charge in [0.15, 0.2) is 12.3 Å². The molecule has 0 amide bonds. The number of aliphatic imine (C=N–C) groups is 1. The second-order valence-electron chi connectivity index (χ2n) is 8.98. The second-order valence-corrected chi connectivity index (χ2v) is 9.78. The lowest BCUT2D eigenvalue weighted by Crippen LogP contribution is -2.56. The number of carboxylic acid groups (broad SMARTS) is 1. The van der Waals surface area contributed by atoms with Gasteiger partial charge in [-0.2, -0.15) is 0 Å². The number of aliphatic carboxylic acids is 1. The van der Waals surface area contributed by atoms with Crippen LogP contribution in [0.15, 0.2) is 35.0 Å². The molecular weight excluding hydrogens is 394 g/mol. The number of cyclic esters (lactones) is 1. The number of carbonyl (C=O) groups excluding carboxylic acids is 1. The third kappa shape index (κ3) is 3.44. The van der Waals surface area contributed by atoms with Crippen molar-refractivity contribution < 1.29 is 24.2 Å². The number of alkyl halides is 1. The van der Waals surface area contributed by atoms with Crippen molar-refractivity contribution >= 4 is 35.5 Å². The Labute approximate surface area is 173 Å². The van der Waals surface area contributed by atoms with Gasteiger partial charge in [0, 0.05) is 10.3 Å². The summed E-state index contributed by atoms with van der Waals surface area (Å²) in [7, 11) is 0. The number of hydrogen-bond donors (Lipinski definition) is 1. The van der Waals surface area contributed by atoms with E-state index in [2.05, 4.69) is 4.99 Å². The molecule has 0 saturated heterocycles. The number of rotatable bonds is 5. The summed E-state index contributed by atoms with van der Waals surface area (Å²) in [6.45, 7) is -0.396. The average Bonchev–Trinajstić information content (AvgIpc) is 3.00. The monoisotopic (exact) mass is 415 g/mol. The van der Waals surface area contributed by atoms with Crippen molar-refractivity contribution in [3.8, 4) is 5.75 Å². The van der Waals surface area contributed by atoms with Gasteiger partial charge in [0.1, 0.15) is 5.75 Å². The lowest BCUT2D eigenvalue weighted by atomic mass is 9.49. The minimum Gasteiger partial charge on any atom is -0.482 e. The Hall–Kier alpha value is -2.34. The van der Waals surface area contributed by atoms with Crippen LogP contribution in [0.2, 0.25) is 0 Å². The lowest BCUT2D eigenvalue weighted by Gasteiger charge is -2.59. The maximum Gasteiger partial charge on any atom is 0.363 e. The highest BCUT2D eigenvalue weighted by atomic mass is 35.5. The van der Waals surface area contributed by atoms with Crippen LogP contribution in [0.1, 0.15) is 44.1 Å². The number of benzene rings is 1. The van der Waals surface area contributed by atoms with Crippen LogP contribution in [0.3, 0.4) is 0 Å². The number of nitrogens with zero attached hydrogens (tertiary/aromatic N) is 1. The average molecular weight is 416 g/mol. The van der Waals surface area contributed by atoms with Gasteiger partial charge >= 0.3 is 11.9 Å². The quantitative estimate of drug-likeness (QED) is 0.446. The number of hydrogen-bond acceptors (Lipinski definition) is 5. The van der Waals surface area contributed by atoms with Crippen molar-refractivity contribution in [1.29, 1.82) is 0 Å². The first-order valence-electron chi connectivity index (χ1n) is 9.99. The molecule has 2 unspecified atom stereocenters. The highest BCUT2D eigenvalue weighted by Gasteiger charge is 2.60. The van der Waals surface area contributed by atoms with Gasteiger partial charge in [-0.3, -0.25) is 0 Å². The molecule has 1 aromatic rings.